The van der Waals surface area contributed by atoms with Gasteiger partial charge < -0.3 is 4.84 Å². The minimum atomic E-state index is -3.74. The Morgan fingerprint density at radius 3 is 2.41 bits per heavy atom. The van der Waals surface area contributed by atoms with Crippen LogP contribution in [0.5, 0.6) is 0 Å². The molecule has 3 N–H and O–H groups in total. The molecule has 0 aliphatic rings. The molecule has 0 fully saturated rings. The molecule has 1 rings (SSSR count). The molecular weight excluding hydrogens is 264 g/mol. The van der Waals surface area contributed by atoms with E-state index in [0.717, 1.165) is 0 Å². The first-order chi connectivity index (χ1) is 7.95. The Bertz CT molecular complexity index is 484. The molecule has 8 heteroatoms. The van der Waals surface area contributed by atoms with Gasteiger partial charge in [-0.3, -0.25) is 0 Å². The number of rotatable bonds is 5. The second-order valence-electron chi connectivity index (χ2n) is 3.08. The lowest BCUT2D eigenvalue weighted by Crippen LogP contribution is -2.22. The predicted octanol–water partition coefficient (Wildman–Crippen LogP) is -0.0748. The van der Waals surface area contributed by atoms with Gasteiger partial charge in [0.25, 0.3) is 0 Å². The molecule has 0 bridgehead atoms. The van der Waals surface area contributed by atoms with Gasteiger partial charge in [0.2, 0.25) is 10.0 Å². The van der Waals surface area contributed by atoms with Crippen molar-refractivity contribution in [3.05, 3.63) is 29.8 Å². The van der Waals surface area contributed by atoms with E-state index in [0.29, 0.717) is 12.3 Å². The fraction of sp³-hybridized carbons (Fsp3) is 0.222. The summed E-state index contributed by atoms with van der Waals surface area (Å²) in [6.45, 7) is 0.421. The molecule has 0 unspecified atom stereocenters. The third kappa shape index (κ3) is 4.35. The van der Waals surface area contributed by atoms with E-state index >= 15 is 0 Å². The molecule has 0 heterocycles. The molecule has 0 aliphatic heterocycles. The average Bonchev–Trinajstić information content (AvgIpc) is 2.28. The smallest absolute Gasteiger partial charge is 0.356 e. The number of hydrogen-bond acceptors (Lipinski definition) is 6. The quantitative estimate of drug-likeness (QED) is 0.397. The van der Waals surface area contributed by atoms with Crippen LogP contribution in [0, 0.1) is 0 Å². The number of nitrogens with one attached hydrogen (secondary N) is 1. The van der Waals surface area contributed by atoms with Crippen molar-refractivity contribution < 1.29 is 18.0 Å². The maximum absolute atomic E-state index is 11.4. The van der Waals surface area contributed by atoms with Crippen LogP contribution in [0.15, 0.2) is 29.2 Å². The molecule has 17 heavy (non-hydrogen) atoms. The van der Waals surface area contributed by atoms with E-state index < -0.39 is 16.0 Å². The summed E-state index contributed by atoms with van der Waals surface area (Å²) in [5, 5.41) is 4.92. The number of carbonyl (C=O) groups is 1. The summed E-state index contributed by atoms with van der Waals surface area (Å²) >= 11 is 3.92. The van der Waals surface area contributed by atoms with Gasteiger partial charge in [0.1, 0.15) is 0 Å². The standard InChI is InChI=1S/C9H12N2O4S2/c10-17(13,14)8-3-1-7(2-4-8)9(12)15-11-5-6-16/h1-4,11,16H,5-6H2,(H2,10,13,14). The Morgan fingerprint density at radius 2 is 1.94 bits per heavy atom. The first-order valence-electron chi connectivity index (χ1n) is 4.63. The number of benzene rings is 1. The second-order valence-corrected chi connectivity index (χ2v) is 5.09. The van der Waals surface area contributed by atoms with Crippen molar-refractivity contribution in [3.8, 4) is 0 Å². The maximum Gasteiger partial charge on any atom is 0.356 e. The van der Waals surface area contributed by atoms with Gasteiger partial charge in [-0.1, -0.05) is 0 Å². The Labute approximate surface area is 105 Å². The summed E-state index contributed by atoms with van der Waals surface area (Å²) in [6.07, 6.45) is 0. The molecule has 1 aromatic carbocycles. The lowest BCUT2D eigenvalue weighted by molar-refractivity contribution is 0.0268. The molecule has 0 saturated heterocycles. The molecule has 0 spiro atoms. The van der Waals surface area contributed by atoms with E-state index in [1.54, 1.807) is 0 Å². The van der Waals surface area contributed by atoms with Crippen molar-refractivity contribution in [1.29, 1.82) is 0 Å². The van der Waals surface area contributed by atoms with Crippen LogP contribution in [-0.4, -0.2) is 26.7 Å². The number of hydroxylamine groups is 1. The molecule has 1 aromatic rings. The van der Waals surface area contributed by atoms with Crippen LogP contribution >= 0.6 is 12.6 Å². The zero-order chi connectivity index (χ0) is 12.9. The molecule has 0 atom stereocenters. The van der Waals surface area contributed by atoms with E-state index in [2.05, 4.69) is 22.9 Å². The van der Waals surface area contributed by atoms with Gasteiger partial charge in [0.05, 0.1) is 10.5 Å². The molecule has 0 aromatic heterocycles. The van der Waals surface area contributed by atoms with Crippen molar-refractivity contribution in [2.45, 2.75) is 4.90 Å². The number of hydrogen-bond donors (Lipinski definition) is 3. The van der Waals surface area contributed by atoms with Crippen LogP contribution in [0.25, 0.3) is 0 Å². The third-order valence-corrected chi connectivity index (χ3v) is 2.95. The van der Waals surface area contributed by atoms with Crippen LogP contribution < -0.4 is 10.6 Å². The van der Waals surface area contributed by atoms with Crippen molar-refractivity contribution in [3.63, 3.8) is 0 Å². The number of thiol groups is 1. The van der Waals surface area contributed by atoms with E-state index in [-0.39, 0.29) is 10.5 Å². The first-order valence-corrected chi connectivity index (χ1v) is 6.81. The molecule has 94 valence electrons. The average molecular weight is 276 g/mol. The van der Waals surface area contributed by atoms with Crippen LogP contribution in [0.4, 0.5) is 0 Å². The SMILES string of the molecule is NS(=O)(=O)c1ccc(C(=O)ONCCS)cc1. The highest BCUT2D eigenvalue weighted by Crippen LogP contribution is 2.09. The van der Waals surface area contributed by atoms with Crippen molar-refractivity contribution in [2.24, 2.45) is 5.14 Å². The normalized spacial score (nSPS) is 11.2. The Hall–Kier alpha value is -1.09. The van der Waals surface area contributed by atoms with Crippen molar-refractivity contribution >= 4 is 28.6 Å². The third-order valence-electron chi connectivity index (χ3n) is 1.80. The second kappa shape index (κ2) is 6.01. The predicted molar refractivity (Wildman–Crippen MR) is 65.1 cm³/mol. The highest BCUT2D eigenvalue weighted by Gasteiger charge is 2.11. The number of primary sulfonamides is 1. The lowest BCUT2D eigenvalue weighted by Gasteiger charge is -2.04. The summed E-state index contributed by atoms with van der Waals surface area (Å²) in [4.78, 5) is 16.0. The zero-order valence-electron chi connectivity index (χ0n) is 8.79. The van der Waals surface area contributed by atoms with Crippen molar-refractivity contribution in [2.75, 3.05) is 12.3 Å². The molecule has 0 radical (unpaired) electrons. The summed E-state index contributed by atoms with van der Waals surface area (Å²) < 4.78 is 21.9. The summed E-state index contributed by atoms with van der Waals surface area (Å²) in [5.41, 5.74) is 2.64. The first kappa shape index (κ1) is 14.0. The van der Waals surface area contributed by atoms with E-state index in [4.69, 9.17) is 5.14 Å². The summed E-state index contributed by atoms with van der Waals surface area (Å²) in [6, 6.07) is 5.13. The number of carbonyl (C=O) groups excluding carboxylic acids is 1. The van der Waals surface area contributed by atoms with E-state index in [1.165, 1.54) is 24.3 Å². The lowest BCUT2D eigenvalue weighted by atomic mass is 10.2. The molecule has 0 saturated carbocycles. The molecule has 0 amide bonds. The van der Waals surface area contributed by atoms with Gasteiger partial charge in [-0.25, -0.2) is 18.4 Å². The Balaban J connectivity index is 2.71. The van der Waals surface area contributed by atoms with Gasteiger partial charge in [-0.05, 0) is 24.3 Å². The summed E-state index contributed by atoms with van der Waals surface area (Å²) in [7, 11) is -3.74. The fourth-order valence-corrected chi connectivity index (χ4v) is 1.61. The van der Waals surface area contributed by atoms with Gasteiger partial charge >= 0.3 is 5.97 Å². The van der Waals surface area contributed by atoms with Crippen LogP contribution in [0.3, 0.4) is 0 Å². The van der Waals surface area contributed by atoms with E-state index in [9.17, 15) is 13.2 Å². The van der Waals surface area contributed by atoms with E-state index in [1.807, 2.05) is 0 Å². The monoisotopic (exact) mass is 276 g/mol. The van der Waals surface area contributed by atoms with Crippen LogP contribution in [0.1, 0.15) is 10.4 Å². The largest absolute Gasteiger partial charge is 0.367 e. The highest BCUT2D eigenvalue weighted by molar-refractivity contribution is 7.89. The van der Waals surface area contributed by atoms with Crippen molar-refractivity contribution in [1.82, 2.24) is 5.48 Å². The van der Waals surface area contributed by atoms with Crippen LogP contribution in [0.2, 0.25) is 0 Å². The molecule has 0 aliphatic carbocycles. The maximum atomic E-state index is 11.4. The Kier molecular flexibility index (Phi) is 4.94. The van der Waals surface area contributed by atoms with Crippen LogP contribution in [-0.2, 0) is 14.9 Å². The molecule has 6 nitrogen and oxygen atoms in total. The van der Waals surface area contributed by atoms with Gasteiger partial charge in [-0.2, -0.15) is 18.1 Å². The minimum absolute atomic E-state index is 0.0580. The van der Waals surface area contributed by atoms with Gasteiger partial charge in [-0.15, -0.1) is 0 Å². The Morgan fingerprint density at radius 1 is 1.35 bits per heavy atom. The van der Waals surface area contributed by atoms with Gasteiger partial charge in [0.15, 0.2) is 0 Å². The number of sulfonamides is 1. The zero-order valence-corrected chi connectivity index (χ0v) is 10.5. The molecular formula is C9H12N2O4S2. The highest BCUT2D eigenvalue weighted by atomic mass is 32.2. The topological polar surface area (TPSA) is 98.5 Å². The number of nitrogens with two attached hydrogens (primary N) is 1. The van der Waals surface area contributed by atoms with Gasteiger partial charge in [0, 0.05) is 12.3 Å². The fourth-order valence-electron chi connectivity index (χ4n) is 1.00. The minimum Gasteiger partial charge on any atom is -0.367 e. The summed E-state index contributed by atoms with van der Waals surface area (Å²) in [5.74, 6) is -0.0785.